The third-order valence-electron chi connectivity index (χ3n) is 16.6. The lowest BCUT2D eigenvalue weighted by molar-refractivity contribution is -0.143. The molecule has 2 atom stereocenters. The fourth-order valence-corrected chi connectivity index (χ4v) is 11.2. The van der Waals surface area contributed by atoms with Crippen LogP contribution in [0, 0.1) is 0 Å². The predicted octanol–water partition coefficient (Wildman–Crippen LogP) is 22.4. The van der Waals surface area contributed by atoms with E-state index in [2.05, 4.69) is 19.2 Å². The number of rotatable bonds is 66. The van der Waals surface area contributed by atoms with E-state index in [1.807, 2.05) is 6.08 Å². The summed E-state index contributed by atoms with van der Waals surface area (Å²) in [6, 6.07) is -0.625. The molecule has 3 N–H and O–H groups in total. The molecule has 2 unspecified atom stereocenters. The number of aliphatic hydroxyl groups excluding tert-OH is 2. The normalized spacial score (nSPS) is 12.5. The van der Waals surface area contributed by atoms with Crippen molar-refractivity contribution >= 4 is 11.9 Å². The molecule has 0 saturated heterocycles. The third-order valence-corrected chi connectivity index (χ3v) is 16.6. The molecule has 6 heteroatoms. The van der Waals surface area contributed by atoms with Gasteiger partial charge in [-0.25, -0.2) is 0 Å². The maximum Gasteiger partial charge on any atom is 0.305 e. The van der Waals surface area contributed by atoms with E-state index in [4.69, 9.17) is 4.74 Å². The zero-order chi connectivity index (χ0) is 55.0. The van der Waals surface area contributed by atoms with E-state index in [0.29, 0.717) is 19.4 Å². The summed E-state index contributed by atoms with van der Waals surface area (Å²) in [5.41, 5.74) is 0. The van der Waals surface area contributed by atoms with Gasteiger partial charge in [0.1, 0.15) is 0 Å². The molecule has 0 aromatic rings. The van der Waals surface area contributed by atoms with Crippen molar-refractivity contribution < 1.29 is 24.5 Å². The average Bonchev–Trinajstić information content (AvgIpc) is 3.42. The SMILES string of the molecule is CCCCCCCCCCCCCCCC/C=C/C(O)C(CO)NC(=O)CCCCCCCCCCCCCCCCCCCCCCCCCCCCCOC(=O)CCCCCCCCCCCCCCCCCC. The maximum atomic E-state index is 12.5. The van der Waals surface area contributed by atoms with Gasteiger partial charge in [-0.05, 0) is 32.1 Å². The molecule has 0 bridgehead atoms. The Balaban J connectivity index is 3.34. The van der Waals surface area contributed by atoms with Crippen LogP contribution in [-0.4, -0.2) is 47.4 Å². The Morgan fingerprint density at radius 2 is 0.605 bits per heavy atom. The quantitative estimate of drug-likeness (QED) is 0.0320. The Labute approximate surface area is 476 Å². The van der Waals surface area contributed by atoms with Crippen LogP contribution in [0.1, 0.15) is 399 Å². The molecule has 0 aromatic heterocycles. The number of unbranched alkanes of at least 4 members (excludes halogenated alkanes) is 55. The van der Waals surface area contributed by atoms with Crippen molar-refractivity contribution in [3.05, 3.63) is 12.2 Å². The number of ether oxygens (including phenoxy) is 1. The first kappa shape index (κ1) is 74.6. The highest BCUT2D eigenvalue weighted by Gasteiger charge is 2.18. The van der Waals surface area contributed by atoms with Gasteiger partial charge in [-0.3, -0.25) is 9.59 Å². The molecule has 0 aromatic carbocycles. The number of hydrogen-bond donors (Lipinski definition) is 3. The Morgan fingerprint density at radius 3 is 0.895 bits per heavy atom. The zero-order valence-corrected chi connectivity index (χ0v) is 51.8. The van der Waals surface area contributed by atoms with Gasteiger partial charge in [0.2, 0.25) is 5.91 Å². The van der Waals surface area contributed by atoms with Crippen molar-refractivity contribution in [2.75, 3.05) is 13.2 Å². The molecular formula is C70H137NO5. The van der Waals surface area contributed by atoms with E-state index in [9.17, 15) is 19.8 Å². The lowest BCUT2D eigenvalue weighted by Crippen LogP contribution is -2.45. The molecule has 0 rings (SSSR count). The number of carbonyl (C=O) groups excluding carboxylic acids is 2. The van der Waals surface area contributed by atoms with E-state index in [1.54, 1.807) is 6.08 Å². The highest BCUT2D eigenvalue weighted by atomic mass is 16.5. The highest BCUT2D eigenvalue weighted by Crippen LogP contribution is 2.19. The lowest BCUT2D eigenvalue weighted by atomic mass is 10.0. The Kier molecular flexibility index (Phi) is 64.9. The van der Waals surface area contributed by atoms with Crippen LogP contribution >= 0.6 is 0 Å². The Hall–Kier alpha value is -1.40. The van der Waals surface area contributed by atoms with E-state index in [-0.39, 0.29) is 18.5 Å². The van der Waals surface area contributed by atoms with Gasteiger partial charge in [0.25, 0.3) is 0 Å². The molecule has 0 heterocycles. The summed E-state index contributed by atoms with van der Waals surface area (Å²) in [5.74, 6) is -0.0399. The van der Waals surface area contributed by atoms with Gasteiger partial charge >= 0.3 is 5.97 Å². The van der Waals surface area contributed by atoms with Crippen LogP contribution in [0.2, 0.25) is 0 Å². The minimum absolute atomic E-state index is 0.0221. The molecule has 0 radical (unpaired) electrons. The molecule has 1 amide bonds. The molecule has 76 heavy (non-hydrogen) atoms. The van der Waals surface area contributed by atoms with Gasteiger partial charge < -0.3 is 20.3 Å². The summed E-state index contributed by atoms with van der Waals surface area (Å²) < 4.78 is 5.50. The average molecular weight is 1070 g/mol. The van der Waals surface area contributed by atoms with Crippen molar-refractivity contribution in [1.29, 1.82) is 0 Å². The van der Waals surface area contributed by atoms with Gasteiger partial charge in [-0.1, -0.05) is 366 Å². The number of hydrogen-bond acceptors (Lipinski definition) is 5. The van der Waals surface area contributed by atoms with Crippen LogP contribution < -0.4 is 5.32 Å². The summed E-state index contributed by atoms with van der Waals surface area (Å²) in [6.07, 6.45) is 81.5. The molecule has 0 aliphatic carbocycles. The highest BCUT2D eigenvalue weighted by molar-refractivity contribution is 5.76. The number of esters is 1. The molecule has 6 nitrogen and oxygen atoms in total. The molecule has 0 spiro atoms. The van der Waals surface area contributed by atoms with Gasteiger partial charge in [0, 0.05) is 12.8 Å². The van der Waals surface area contributed by atoms with E-state index >= 15 is 0 Å². The second kappa shape index (κ2) is 66.1. The second-order valence-corrected chi connectivity index (χ2v) is 24.2. The standard InChI is InChI=1S/C70H137NO5/c1-3-5-7-9-11-13-15-17-19-34-38-42-46-50-54-58-62-68(73)67(66-72)71-69(74)63-59-55-51-47-43-39-35-32-30-28-26-24-22-21-23-25-27-29-31-33-37-41-45-49-53-57-61-65-76-70(75)64-60-56-52-48-44-40-36-20-18-16-14-12-10-8-6-4-2/h58,62,67-68,72-73H,3-57,59-61,63-66H2,1-2H3,(H,71,74)/b62-58+. The summed E-state index contributed by atoms with van der Waals surface area (Å²) >= 11 is 0. The van der Waals surface area contributed by atoms with Gasteiger partial charge in [0.15, 0.2) is 0 Å². The van der Waals surface area contributed by atoms with Gasteiger partial charge in [-0.2, -0.15) is 0 Å². The summed E-state index contributed by atoms with van der Waals surface area (Å²) in [6.45, 7) is 4.95. The van der Waals surface area contributed by atoms with Crippen LogP contribution in [0.5, 0.6) is 0 Å². The van der Waals surface area contributed by atoms with Crippen molar-refractivity contribution in [3.63, 3.8) is 0 Å². The van der Waals surface area contributed by atoms with Crippen LogP contribution in [0.25, 0.3) is 0 Å². The monoisotopic (exact) mass is 1070 g/mol. The van der Waals surface area contributed by atoms with E-state index < -0.39 is 12.1 Å². The second-order valence-electron chi connectivity index (χ2n) is 24.2. The first-order chi connectivity index (χ1) is 37.5. The van der Waals surface area contributed by atoms with E-state index in [0.717, 1.165) is 38.5 Å². The van der Waals surface area contributed by atoms with Crippen molar-refractivity contribution in [3.8, 4) is 0 Å². The minimum atomic E-state index is -0.842. The maximum absolute atomic E-state index is 12.5. The van der Waals surface area contributed by atoms with Crippen LogP contribution in [0.15, 0.2) is 12.2 Å². The fourth-order valence-electron chi connectivity index (χ4n) is 11.2. The smallest absolute Gasteiger partial charge is 0.305 e. The van der Waals surface area contributed by atoms with Crippen molar-refractivity contribution in [2.45, 2.75) is 411 Å². The van der Waals surface area contributed by atoms with Crippen molar-refractivity contribution in [2.24, 2.45) is 0 Å². The molecule has 0 saturated carbocycles. The largest absolute Gasteiger partial charge is 0.466 e. The number of carbonyl (C=O) groups is 2. The molecule has 0 fully saturated rings. The lowest BCUT2D eigenvalue weighted by Gasteiger charge is -2.20. The molecule has 0 aliphatic heterocycles. The zero-order valence-electron chi connectivity index (χ0n) is 51.8. The van der Waals surface area contributed by atoms with Crippen LogP contribution in [0.4, 0.5) is 0 Å². The number of nitrogens with one attached hydrogen (secondary N) is 1. The topological polar surface area (TPSA) is 95.9 Å². The summed E-state index contributed by atoms with van der Waals surface area (Å²) in [4.78, 5) is 24.6. The van der Waals surface area contributed by atoms with Gasteiger partial charge in [-0.15, -0.1) is 0 Å². The summed E-state index contributed by atoms with van der Waals surface area (Å²) in [5, 5.41) is 23.2. The van der Waals surface area contributed by atoms with Crippen LogP contribution in [0.3, 0.4) is 0 Å². The third kappa shape index (κ3) is 61.8. The predicted molar refractivity (Wildman–Crippen MR) is 333 cm³/mol. The number of amides is 1. The number of aliphatic hydroxyl groups is 2. The Morgan fingerprint density at radius 1 is 0.355 bits per heavy atom. The molecule has 0 aliphatic rings. The number of allylic oxidation sites excluding steroid dienone is 1. The fraction of sp³-hybridized carbons (Fsp3) is 0.943. The minimum Gasteiger partial charge on any atom is -0.466 e. The summed E-state index contributed by atoms with van der Waals surface area (Å²) in [7, 11) is 0. The first-order valence-electron chi connectivity index (χ1n) is 35.0. The molecular weight excluding hydrogens is 935 g/mol. The first-order valence-corrected chi connectivity index (χ1v) is 35.0. The molecule has 452 valence electrons. The van der Waals surface area contributed by atoms with Crippen LogP contribution in [-0.2, 0) is 14.3 Å². The van der Waals surface area contributed by atoms with Crippen molar-refractivity contribution in [1.82, 2.24) is 5.32 Å². The van der Waals surface area contributed by atoms with E-state index in [1.165, 1.54) is 334 Å². The van der Waals surface area contributed by atoms with Gasteiger partial charge in [0.05, 0.1) is 25.4 Å². The Bertz CT molecular complexity index is 1140.